The Morgan fingerprint density at radius 3 is 1.83 bits per heavy atom. The van der Waals surface area contributed by atoms with Gasteiger partial charge in [-0.25, -0.2) is 0 Å². The van der Waals surface area contributed by atoms with Gasteiger partial charge in [-0.1, -0.05) is 6.92 Å². The van der Waals surface area contributed by atoms with Gasteiger partial charge in [0.05, 0.1) is 11.1 Å². The van der Waals surface area contributed by atoms with Crippen molar-refractivity contribution in [1.82, 2.24) is 10.6 Å². The molecule has 0 saturated carbocycles. The molecule has 0 atom stereocenters. The van der Waals surface area contributed by atoms with Crippen LogP contribution < -0.4 is 10.6 Å². The second-order valence-corrected chi connectivity index (χ2v) is 4.80. The molecule has 1 aromatic carbocycles. The Labute approximate surface area is 141 Å². The number of alkyl halides is 6. The Morgan fingerprint density at radius 1 is 0.917 bits per heavy atom. The SMILES string of the molecule is CCCNCCNC(=O)c1cc(C(F)(F)F)cc(C(F)(F)F)c1.Cl. The van der Waals surface area contributed by atoms with Gasteiger partial charge >= 0.3 is 12.4 Å². The summed E-state index contributed by atoms with van der Waals surface area (Å²) < 4.78 is 76.1. The standard InChI is InChI=1S/C14H16F6N2O.ClH/c1-2-3-21-4-5-22-12(23)9-6-10(13(15,16)17)8-11(7-9)14(18,19)20;/h6-8,21H,2-5H2,1H3,(H,22,23);1H. The van der Waals surface area contributed by atoms with Crippen LogP contribution in [0.3, 0.4) is 0 Å². The summed E-state index contributed by atoms with van der Waals surface area (Å²) in [5.74, 6) is -0.986. The molecule has 1 aromatic rings. The fraction of sp³-hybridized carbons (Fsp3) is 0.500. The summed E-state index contributed by atoms with van der Waals surface area (Å²) in [6.07, 6.45) is -9.09. The molecule has 1 amide bonds. The number of amides is 1. The predicted molar refractivity (Wildman–Crippen MR) is 79.2 cm³/mol. The van der Waals surface area contributed by atoms with E-state index in [2.05, 4.69) is 10.6 Å². The van der Waals surface area contributed by atoms with Gasteiger partial charge in [-0.15, -0.1) is 12.4 Å². The second-order valence-electron chi connectivity index (χ2n) is 4.80. The molecule has 3 nitrogen and oxygen atoms in total. The van der Waals surface area contributed by atoms with Gasteiger partial charge in [0, 0.05) is 18.7 Å². The average molecular weight is 379 g/mol. The van der Waals surface area contributed by atoms with Crippen LogP contribution in [0.4, 0.5) is 26.3 Å². The van der Waals surface area contributed by atoms with Crippen LogP contribution in [0.2, 0.25) is 0 Å². The number of hydrogen-bond donors (Lipinski definition) is 2. The lowest BCUT2D eigenvalue weighted by atomic mass is 10.0. The van der Waals surface area contributed by atoms with Gasteiger partial charge in [0.1, 0.15) is 0 Å². The smallest absolute Gasteiger partial charge is 0.351 e. The largest absolute Gasteiger partial charge is 0.416 e. The van der Waals surface area contributed by atoms with Crippen molar-refractivity contribution < 1.29 is 31.1 Å². The maximum Gasteiger partial charge on any atom is 0.416 e. The normalized spacial score (nSPS) is 11.8. The molecule has 0 radical (unpaired) electrons. The summed E-state index contributed by atoms with van der Waals surface area (Å²) in [5.41, 5.74) is -3.70. The molecule has 0 heterocycles. The molecule has 0 aliphatic rings. The predicted octanol–water partition coefficient (Wildman–Crippen LogP) is 3.88. The summed E-state index contributed by atoms with van der Waals surface area (Å²) >= 11 is 0. The monoisotopic (exact) mass is 378 g/mol. The first kappa shape index (κ1) is 22.5. The number of carbonyl (C=O) groups is 1. The lowest BCUT2D eigenvalue weighted by Gasteiger charge is -2.14. The Balaban J connectivity index is 0.00000529. The van der Waals surface area contributed by atoms with Crippen LogP contribution in [0.5, 0.6) is 0 Å². The number of hydrogen-bond acceptors (Lipinski definition) is 2. The van der Waals surface area contributed by atoms with Crippen LogP contribution in [-0.2, 0) is 12.4 Å². The van der Waals surface area contributed by atoms with Crippen LogP contribution in [0.15, 0.2) is 18.2 Å². The fourth-order valence-corrected chi connectivity index (χ4v) is 1.75. The molecule has 0 bridgehead atoms. The summed E-state index contributed by atoms with van der Waals surface area (Å²) in [6.45, 7) is 3.08. The zero-order valence-electron chi connectivity index (χ0n) is 12.6. The third kappa shape index (κ3) is 6.96. The molecule has 10 heteroatoms. The molecule has 0 saturated heterocycles. The highest BCUT2D eigenvalue weighted by atomic mass is 35.5. The van der Waals surface area contributed by atoms with Crippen LogP contribution in [0.25, 0.3) is 0 Å². The van der Waals surface area contributed by atoms with E-state index in [0.717, 1.165) is 6.42 Å². The molecule has 2 N–H and O–H groups in total. The third-order valence-electron chi connectivity index (χ3n) is 2.86. The Bertz CT molecular complexity index is 513. The van der Waals surface area contributed by atoms with Gasteiger partial charge in [0.15, 0.2) is 0 Å². The molecular formula is C14H17ClF6N2O. The van der Waals surface area contributed by atoms with E-state index in [9.17, 15) is 31.1 Å². The molecule has 138 valence electrons. The molecule has 0 spiro atoms. The minimum Gasteiger partial charge on any atom is -0.351 e. The lowest BCUT2D eigenvalue weighted by molar-refractivity contribution is -0.143. The van der Waals surface area contributed by atoms with Gasteiger partial charge in [-0.05, 0) is 31.2 Å². The summed E-state index contributed by atoms with van der Waals surface area (Å²) in [4.78, 5) is 11.8. The first-order chi connectivity index (χ1) is 10.6. The molecule has 1 rings (SSSR count). The highest BCUT2D eigenvalue weighted by molar-refractivity contribution is 5.94. The van der Waals surface area contributed by atoms with Gasteiger partial charge < -0.3 is 10.6 Å². The summed E-state index contributed by atoms with van der Waals surface area (Å²) in [6, 6.07) is 0.799. The Hall–Kier alpha value is -1.48. The molecule has 0 unspecified atom stereocenters. The zero-order valence-corrected chi connectivity index (χ0v) is 13.5. The van der Waals surface area contributed by atoms with Crippen molar-refractivity contribution >= 4 is 18.3 Å². The number of benzene rings is 1. The van der Waals surface area contributed by atoms with E-state index in [0.29, 0.717) is 25.2 Å². The average Bonchev–Trinajstić information content (AvgIpc) is 2.44. The first-order valence-corrected chi connectivity index (χ1v) is 6.84. The van der Waals surface area contributed by atoms with Crippen LogP contribution in [-0.4, -0.2) is 25.5 Å². The number of carbonyl (C=O) groups excluding carboxylic acids is 1. The van der Waals surface area contributed by atoms with Crippen molar-refractivity contribution in [3.8, 4) is 0 Å². The number of halogens is 7. The van der Waals surface area contributed by atoms with Gasteiger partial charge in [-0.3, -0.25) is 4.79 Å². The van der Waals surface area contributed by atoms with E-state index in [4.69, 9.17) is 0 Å². The van der Waals surface area contributed by atoms with Crippen molar-refractivity contribution in [2.24, 2.45) is 0 Å². The quantitative estimate of drug-likeness (QED) is 0.582. The van der Waals surface area contributed by atoms with Crippen molar-refractivity contribution in [3.63, 3.8) is 0 Å². The zero-order chi connectivity index (χ0) is 17.7. The molecule has 0 aromatic heterocycles. The Morgan fingerprint density at radius 2 is 1.42 bits per heavy atom. The first-order valence-electron chi connectivity index (χ1n) is 6.84. The second kappa shape index (κ2) is 9.12. The minimum absolute atomic E-state index is 0. The van der Waals surface area contributed by atoms with Crippen molar-refractivity contribution in [2.45, 2.75) is 25.7 Å². The fourth-order valence-electron chi connectivity index (χ4n) is 1.75. The Kier molecular flexibility index (Phi) is 8.56. The van der Waals surface area contributed by atoms with Crippen LogP contribution in [0.1, 0.15) is 34.8 Å². The van der Waals surface area contributed by atoms with E-state index in [-0.39, 0.29) is 25.0 Å². The van der Waals surface area contributed by atoms with E-state index < -0.39 is 35.0 Å². The molecular weight excluding hydrogens is 362 g/mol. The van der Waals surface area contributed by atoms with Crippen LogP contribution >= 0.6 is 12.4 Å². The summed E-state index contributed by atoms with van der Waals surface area (Å²) in [7, 11) is 0. The van der Waals surface area contributed by atoms with Crippen LogP contribution in [0, 0.1) is 0 Å². The van der Waals surface area contributed by atoms with Crippen molar-refractivity contribution in [1.29, 1.82) is 0 Å². The number of rotatable bonds is 6. The maximum atomic E-state index is 12.7. The van der Waals surface area contributed by atoms with E-state index in [1.54, 1.807) is 0 Å². The minimum atomic E-state index is -4.97. The summed E-state index contributed by atoms with van der Waals surface area (Å²) in [5, 5.41) is 5.22. The third-order valence-corrected chi connectivity index (χ3v) is 2.86. The van der Waals surface area contributed by atoms with Crippen molar-refractivity contribution in [3.05, 3.63) is 34.9 Å². The molecule has 0 aliphatic carbocycles. The number of nitrogens with one attached hydrogen (secondary N) is 2. The highest BCUT2D eigenvalue weighted by Crippen LogP contribution is 2.36. The van der Waals surface area contributed by atoms with Gasteiger partial charge in [0.2, 0.25) is 0 Å². The highest BCUT2D eigenvalue weighted by Gasteiger charge is 2.37. The van der Waals surface area contributed by atoms with Crippen molar-refractivity contribution in [2.75, 3.05) is 19.6 Å². The van der Waals surface area contributed by atoms with E-state index in [1.807, 2.05) is 6.92 Å². The van der Waals surface area contributed by atoms with Gasteiger partial charge in [0.25, 0.3) is 5.91 Å². The molecule has 0 fully saturated rings. The molecule has 0 aliphatic heterocycles. The lowest BCUT2D eigenvalue weighted by Crippen LogP contribution is -2.32. The van der Waals surface area contributed by atoms with E-state index in [1.165, 1.54) is 0 Å². The topological polar surface area (TPSA) is 41.1 Å². The van der Waals surface area contributed by atoms with E-state index >= 15 is 0 Å². The van der Waals surface area contributed by atoms with Gasteiger partial charge in [-0.2, -0.15) is 26.3 Å². The maximum absolute atomic E-state index is 12.7. The molecule has 24 heavy (non-hydrogen) atoms.